The molecular formula is C36H22N2. The summed E-state index contributed by atoms with van der Waals surface area (Å²) in [6.45, 7) is 0. The first-order valence-electron chi connectivity index (χ1n) is 12.9. The van der Waals surface area contributed by atoms with E-state index < -0.39 is 0 Å². The first-order valence-corrected chi connectivity index (χ1v) is 12.9. The van der Waals surface area contributed by atoms with Crippen molar-refractivity contribution in [2.45, 2.75) is 0 Å². The number of hydrogen-bond donors (Lipinski definition) is 0. The number of aromatic nitrogens is 2. The minimum Gasteiger partial charge on any atom is -0.256 e. The lowest BCUT2D eigenvalue weighted by atomic mass is 9.86. The predicted octanol–water partition coefficient (Wildman–Crippen LogP) is 9.58. The normalized spacial score (nSPS) is 11.7. The zero-order valence-corrected chi connectivity index (χ0v) is 20.6. The molecule has 0 aliphatic carbocycles. The molecule has 2 heterocycles. The maximum Gasteiger partial charge on any atom is 0.0702 e. The van der Waals surface area contributed by atoms with Crippen LogP contribution in [0.25, 0.3) is 76.4 Å². The molecule has 0 aliphatic rings. The van der Waals surface area contributed by atoms with Crippen molar-refractivity contribution in [2.24, 2.45) is 0 Å². The van der Waals surface area contributed by atoms with Gasteiger partial charge in [0.15, 0.2) is 0 Å². The minimum absolute atomic E-state index is 0.984. The molecule has 0 bridgehead atoms. The van der Waals surface area contributed by atoms with Gasteiger partial charge in [0.05, 0.1) is 11.4 Å². The van der Waals surface area contributed by atoms with Crippen molar-refractivity contribution in [2.75, 3.05) is 0 Å². The Balaban J connectivity index is 1.64. The second kappa shape index (κ2) is 8.22. The minimum atomic E-state index is 0.984. The highest BCUT2D eigenvalue weighted by Crippen LogP contribution is 2.45. The Hall–Kier alpha value is -5.08. The number of fused-ring (bicyclic) bond motifs is 11. The van der Waals surface area contributed by atoms with E-state index in [0.29, 0.717) is 0 Å². The maximum absolute atomic E-state index is 4.65. The fraction of sp³-hybridized carbons (Fsp3) is 0. The third kappa shape index (κ3) is 3.07. The molecule has 2 heteroatoms. The van der Waals surface area contributed by atoms with Gasteiger partial charge in [0, 0.05) is 23.5 Å². The van der Waals surface area contributed by atoms with E-state index >= 15 is 0 Å². The van der Waals surface area contributed by atoms with Crippen molar-refractivity contribution in [3.05, 3.63) is 134 Å². The largest absolute Gasteiger partial charge is 0.256 e. The molecule has 0 amide bonds. The molecule has 0 atom stereocenters. The van der Waals surface area contributed by atoms with Crippen LogP contribution in [0.1, 0.15) is 0 Å². The van der Waals surface area contributed by atoms with Crippen LogP contribution in [0, 0.1) is 0 Å². The monoisotopic (exact) mass is 482 g/mol. The SMILES string of the molecule is c1ccc(-c2ccc3c4ccc(-c5ccccn5)cc4c4c5ccccc5c5ccccc5c4c3c2)nc1. The average Bonchev–Trinajstić information content (AvgIpc) is 3.01. The summed E-state index contributed by atoms with van der Waals surface area (Å²) in [7, 11) is 0. The van der Waals surface area contributed by atoms with E-state index in [0.717, 1.165) is 22.5 Å². The van der Waals surface area contributed by atoms with Gasteiger partial charge in [-0.05, 0) is 90.3 Å². The number of benzene rings is 6. The highest BCUT2D eigenvalue weighted by Gasteiger charge is 2.17. The topological polar surface area (TPSA) is 25.8 Å². The Kier molecular flexibility index (Phi) is 4.55. The summed E-state index contributed by atoms with van der Waals surface area (Å²) in [6, 6.07) is 43.4. The van der Waals surface area contributed by atoms with Crippen LogP contribution in [0.3, 0.4) is 0 Å². The van der Waals surface area contributed by atoms with Crippen LogP contribution in [0.5, 0.6) is 0 Å². The first-order chi connectivity index (χ1) is 18.9. The molecule has 6 aromatic carbocycles. The third-order valence-electron chi connectivity index (χ3n) is 7.72. The van der Waals surface area contributed by atoms with E-state index in [1.165, 1.54) is 53.9 Å². The van der Waals surface area contributed by atoms with Crippen molar-refractivity contribution in [3.63, 3.8) is 0 Å². The van der Waals surface area contributed by atoms with Crippen molar-refractivity contribution in [3.8, 4) is 22.5 Å². The molecule has 0 N–H and O–H groups in total. The van der Waals surface area contributed by atoms with E-state index in [4.69, 9.17) is 0 Å². The molecule has 0 aliphatic heterocycles. The average molecular weight is 483 g/mol. The lowest BCUT2D eigenvalue weighted by molar-refractivity contribution is 1.33. The lowest BCUT2D eigenvalue weighted by Crippen LogP contribution is -1.90. The number of hydrogen-bond acceptors (Lipinski definition) is 2. The molecule has 8 aromatic rings. The summed E-state index contributed by atoms with van der Waals surface area (Å²) in [6.07, 6.45) is 3.72. The summed E-state index contributed by atoms with van der Waals surface area (Å²) in [5, 5.41) is 12.7. The third-order valence-corrected chi connectivity index (χ3v) is 7.72. The van der Waals surface area contributed by atoms with Gasteiger partial charge in [-0.2, -0.15) is 0 Å². The van der Waals surface area contributed by atoms with Gasteiger partial charge in [-0.25, -0.2) is 0 Å². The highest BCUT2D eigenvalue weighted by atomic mass is 14.7. The molecule has 8 rings (SSSR count). The van der Waals surface area contributed by atoms with Crippen molar-refractivity contribution in [1.82, 2.24) is 9.97 Å². The second-order valence-corrected chi connectivity index (χ2v) is 9.79. The van der Waals surface area contributed by atoms with Gasteiger partial charge in [0.25, 0.3) is 0 Å². The first kappa shape index (κ1) is 21.0. The van der Waals surface area contributed by atoms with Gasteiger partial charge >= 0.3 is 0 Å². The number of pyridine rings is 2. The van der Waals surface area contributed by atoms with Crippen LogP contribution in [0.15, 0.2) is 134 Å². The summed E-state index contributed by atoms with van der Waals surface area (Å²) in [4.78, 5) is 9.30. The Bertz CT molecular complexity index is 2010. The molecular weight excluding hydrogens is 460 g/mol. The van der Waals surface area contributed by atoms with Crippen LogP contribution in [-0.4, -0.2) is 9.97 Å². The Morgan fingerprint density at radius 3 is 1.13 bits per heavy atom. The van der Waals surface area contributed by atoms with Crippen LogP contribution in [0.4, 0.5) is 0 Å². The zero-order valence-electron chi connectivity index (χ0n) is 20.6. The van der Waals surface area contributed by atoms with Gasteiger partial charge in [-0.3, -0.25) is 9.97 Å². The summed E-state index contributed by atoms with van der Waals surface area (Å²) in [5.74, 6) is 0. The van der Waals surface area contributed by atoms with Crippen LogP contribution >= 0.6 is 0 Å². The van der Waals surface area contributed by atoms with E-state index in [-0.39, 0.29) is 0 Å². The van der Waals surface area contributed by atoms with Gasteiger partial charge in [-0.1, -0.05) is 84.9 Å². The fourth-order valence-corrected chi connectivity index (χ4v) is 6.06. The van der Waals surface area contributed by atoms with E-state index in [2.05, 4.69) is 107 Å². The molecule has 176 valence electrons. The van der Waals surface area contributed by atoms with Gasteiger partial charge in [-0.15, -0.1) is 0 Å². The quantitative estimate of drug-likeness (QED) is 0.229. The Labute approximate surface area is 219 Å². The Morgan fingerprint density at radius 2 is 0.711 bits per heavy atom. The summed E-state index contributed by atoms with van der Waals surface area (Å²) in [5.41, 5.74) is 4.22. The van der Waals surface area contributed by atoms with E-state index in [9.17, 15) is 0 Å². The van der Waals surface area contributed by atoms with Crippen LogP contribution < -0.4 is 0 Å². The molecule has 0 radical (unpaired) electrons. The summed E-state index contributed by atoms with van der Waals surface area (Å²) < 4.78 is 0. The van der Waals surface area contributed by atoms with Crippen molar-refractivity contribution < 1.29 is 0 Å². The molecule has 38 heavy (non-hydrogen) atoms. The van der Waals surface area contributed by atoms with Crippen molar-refractivity contribution >= 4 is 53.9 Å². The summed E-state index contributed by atoms with van der Waals surface area (Å²) >= 11 is 0. The molecule has 0 fully saturated rings. The van der Waals surface area contributed by atoms with E-state index in [1.807, 2.05) is 36.7 Å². The van der Waals surface area contributed by atoms with Crippen LogP contribution in [-0.2, 0) is 0 Å². The molecule has 0 saturated heterocycles. The van der Waals surface area contributed by atoms with Gasteiger partial charge in [0.2, 0.25) is 0 Å². The molecule has 0 spiro atoms. The number of rotatable bonds is 2. The smallest absolute Gasteiger partial charge is 0.0702 e. The molecule has 0 saturated carbocycles. The maximum atomic E-state index is 4.65. The zero-order chi connectivity index (χ0) is 25.1. The predicted molar refractivity (Wildman–Crippen MR) is 160 cm³/mol. The van der Waals surface area contributed by atoms with E-state index in [1.54, 1.807) is 0 Å². The lowest BCUT2D eigenvalue weighted by Gasteiger charge is -2.17. The molecule has 2 nitrogen and oxygen atoms in total. The highest BCUT2D eigenvalue weighted by molar-refractivity contribution is 6.39. The molecule has 2 aromatic heterocycles. The second-order valence-electron chi connectivity index (χ2n) is 9.79. The fourth-order valence-electron chi connectivity index (χ4n) is 6.06. The Morgan fingerprint density at radius 1 is 0.316 bits per heavy atom. The molecule has 0 unspecified atom stereocenters. The van der Waals surface area contributed by atoms with Crippen LogP contribution in [0.2, 0.25) is 0 Å². The van der Waals surface area contributed by atoms with Crippen molar-refractivity contribution in [1.29, 1.82) is 0 Å². The standard InChI is InChI=1S/C36H22N2/c1-3-11-29-25(9-1)26-10-2-4-12-30(26)36-32-22-24(34-14-6-8-20-38-34)16-18-28(32)27-17-15-23(21-31(27)35(29)36)33-13-5-7-19-37-33/h1-22H. The number of nitrogens with zero attached hydrogens (tertiary/aromatic N) is 2. The van der Waals surface area contributed by atoms with Gasteiger partial charge in [0.1, 0.15) is 0 Å². The van der Waals surface area contributed by atoms with Gasteiger partial charge < -0.3 is 0 Å².